The van der Waals surface area contributed by atoms with Crippen LogP contribution in [0.15, 0.2) is 37.0 Å². The van der Waals surface area contributed by atoms with Crippen LogP contribution in [-0.2, 0) is 0 Å². The molecule has 4 nitrogen and oxygen atoms in total. The summed E-state index contributed by atoms with van der Waals surface area (Å²) in [6.07, 6.45) is 3.56. The summed E-state index contributed by atoms with van der Waals surface area (Å²) in [5.74, 6) is 0. The molecule has 5 heteroatoms. The van der Waals surface area contributed by atoms with Gasteiger partial charge in [0.2, 0.25) is 5.13 Å². The van der Waals surface area contributed by atoms with Crippen LogP contribution in [0.4, 0.5) is 0 Å². The zero-order valence-electron chi connectivity index (χ0n) is 8.37. The van der Waals surface area contributed by atoms with Gasteiger partial charge >= 0.3 is 0 Å². The average molecular weight is 228 g/mol. The lowest BCUT2D eigenvalue weighted by molar-refractivity contribution is 0.817. The Balaban J connectivity index is 2.21. The maximum absolute atomic E-state index is 4.29. The van der Waals surface area contributed by atoms with Crippen molar-refractivity contribution < 1.29 is 0 Å². The van der Waals surface area contributed by atoms with Crippen molar-refractivity contribution in [1.82, 2.24) is 20.0 Å². The summed E-state index contributed by atoms with van der Waals surface area (Å²) in [5, 5.41) is 8.99. The van der Waals surface area contributed by atoms with Gasteiger partial charge in [-0.2, -0.15) is 4.68 Å². The molecule has 1 aromatic carbocycles. The van der Waals surface area contributed by atoms with Crippen LogP contribution in [0.2, 0.25) is 0 Å². The van der Waals surface area contributed by atoms with Crippen LogP contribution in [0.5, 0.6) is 0 Å². The molecular formula is C11H8N4S. The van der Waals surface area contributed by atoms with E-state index >= 15 is 0 Å². The summed E-state index contributed by atoms with van der Waals surface area (Å²) in [7, 11) is 0. The third-order valence-electron chi connectivity index (χ3n) is 2.25. The second kappa shape index (κ2) is 3.53. The van der Waals surface area contributed by atoms with Crippen molar-refractivity contribution in [3.63, 3.8) is 0 Å². The van der Waals surface area contributed by atoms with Gasteiger partial charge in [0.15, 0.2) is 0 Å². The van der Waals surface area contributed by atoms with Gasteiger partial charge in [0.1, 0.15) is 5.52 Å². The van der Waals surface area contributed by atoms with Crippen LogP contribution >= 0.6 is 11.3 Å². The fraction of sp³-hybridized carbons (Fsp3) is 0. The van der Waals surface area contributed by atoms with E-state index in [0.717, 1.165) is 21.0 Å². The summed E-state index contributed by atoms with van der Waals surface area (Å²) in [5.41, 5.74) is 1.84. The van der Waals surface area contributed by atoms with Crippen molar-refractivity contribution in [3.05, 3.63) is 41.9 Å². The molecule has 0 N–H and O–H groups in total. The zero-order chi connectivity index (χ0) is 11.0. The van der Waals surface area contributed by atoms with E-state index in [-0.39, 0.29) is 0 Å². The highest BCUT2D eigenvalue weighted by molar-refractivity contribution is 7.14. The van der Waals surface area contributed by atoms with Gasteiger partial charge in [-0.05, 0) is 12.1 Å². The lowest BCUT2D eigenvalue weighted by Gasteiger charge is -1.94. The minimum atomic E-state index is 0.809. The van der Waals surface area contributed by atoms with Crippen LogP contribution < -0.4 is 0 Å². The van der Waals surface area contributed by atoms with Crippen molar-refractivity contribution >= 4 is 28.4 Å². The first-order chi connectivity index (χ1) is 7.88. The minimum absolute atomic E-state index is 0.809. The van der Waals surface area contributed by atoms with Crippen molar-refractivity contribution in [2.45, 2.75) is 0 Å². The quantitative estimate of drug-likeness (QED) is 0.677. The van der Waals surface area contributed by atoms with E-state index in [2.05, 4.69) is 21.9 Å². The third-order valence-corrected chi connectivity index (χ3v) is 3.21. The number of hydrogen-bond donors (Lipinski definition) is 0. The molecule has 0 saturated heterocycles. The SMILES string of the molecule is C=Cc1cnc(-n2nnc3ccccc32)s1. The first kappa shape index (κ1) is 9.23. The van der Waals surface area contributed by atoms with Crippen LogP contribution in [-0.4, -0.2) is 20.0 Å². The van der Waals surface area contributed by atoms with Crippen molar-refractivity contribution in [2.75, 3.05) is 0 Å². The predicted molar refractivity (Wildman–Crippen MR) is 64.6 cm³/mol. The molecule has 0 atom stereocenters. The van der Waals surface area contributed by atoms with E-state index in [1.54, 1.807) is 17.0 Å². The fourth-order valence-corrected chi connectivity index (χ4v) is 2.21. The van der Waals surface area contributed by atoms with E-state index < -0.39 is 0 Å². The second-order valence-corrected chi connectivity index (χ2v) is 4.28. The normalized spacial score (nSPS) is 10.8. The van der Waals surface area contributed by atoms with Gasteiger partial charge in [-0.25, -0.2) is 4.98 Å². The molecule has 2 aromatic heterocycles. The lowest BCUT2D eigenvalue weighted by atomic mass is 10.3. The van der Waals surface area contributed by atoms with E-state index in [4.69, 9.17) is 0 Å². The summed E-state index contributed by atoms with van der Waals surface area (Å²) >= 11 is 1.54. The molecule has 0 saturated carbocycles. The van der Waals surface area contributed by atoms with E-state index in [1.807, 2.05) is 24.3 Å². The minimum Gasteiger partial charge on any atom is -0.226 e. The molecule has 16 heavy (non-hydrogen) atoms. The van der Waals surface area contributed by atoms with Crippen molar-refractivity contribution in [1.29, 1.82) is 0 Å². The second-order valence-electron chi connectivity index (χ2n) is 3.24. The average Bonchev–Trinajstić information content (AvgIpc) is 2.94. The van der Waals surface area contributed by atoms with Gasteiger partial charge in [0, 0.05) is 11.1 Å². The molecular weight excluding hydrogens is 220 g/mol. The van der Waals surface area contributed by atoms with Crippen LogP contribution in [0.1, 0.15) is 4.88 Å². The summed E-state index contributed by atoms with van der Waals surface area (Å²) < 4.78 is 1.74. The van der Waals surface area contributed by atoms with Crippen molar-refractivity contribution in [2.24, 2.45) is 0 Å². The molecule has 3 aromatic rings. The maximum atomic E-state index is 4.29. The monoisotopic (exact) mass is 228 g/mol. The van der Waals surface area contributed by atoms with Gasteiger partial charge in [-0.3, -0.25) is 0 Å². The number of para-hydroxylation sites is 1. The number of thiazole rings is 1. The first-order valence-corrected chi connectivity index (χ1v) is 5.59. The molecule has 0 aliphatic carbocycles. The molecule has 78 valence electrons. The first-order valence-electron chi connectivity index (χ1n) is 4.77. The number of fused-ring (bicyclic) bond motifs is 1. The molecule has 0 spiro atoms. The molecule has 3 rings (SSSR count). The largest absolute Gasteiger partial charge is 0.226 e. The topological polar surface area (TPSA) is 43.6 Å². The molecule has 0 amide bonds. The molecule has 0 aliphatic rings. The number of hydrogen-bond acceptors (Lipinski definition) is 4. The molecule has 0 radical (unpaired) electrons. The Hall–Kier alpha value is -2.01. The number of benzene rings is 1. The molecule has 0 aliphatic heterocycles. The predicted octanol–water partition coefficient (Wildman–Crippen LogP) is 2.52. The zero-order valence-corrected chi connectivity index (χ0v) is 9.18. The third kappa shape index (κ3) is 1.33. The Morgan fingerprint density at radius 1 is 1.31 bits per heavy atom. The number of rotatable bonds is 2. The van der Waals surface area contributed by atoms with Gasteiger partial charge in [0.25, 0.3) is 0 Å². The molecule has 0 unspecified atom stereocenters. The Morgan fingerprint density at radius 3 is 3.00 bits per heavy atom. The highest BCUT2D eigenvalue weighted by Crippen LogP contribution is 2.21. The highest BCUT2D eigenvalue weighted by atomic mass is 32.1. The number of aromatic nitrogens is 4. The highest BCUT2D eigenvalue weighted by Gasteiger charge is 2.08. The number of nitrogens with zero attached hydrogens (tertiary/aromatic N) is 4. The van der Waals surface area contributed by atoms with Gasteiger partial charge in [-0.15, -0.1) is 5.10 Å². The van der Waals surface area contributed by atoms with Gasteiger partial charge in [-0.1, -0.05) is 41.3 Å². The standard InChI is InChI=1S/C11H8N4S/c1-2-8-7-12-11(16-8)15-10-6-4-3-5-9(10)13-14-15/h2-7H,1H2. The van der Waals surface area contributed by atoms with E-state index in [1.165, 1.54) is 11.3 Å². The summed E-state index contributed by atoms with van der Waals surface area (Å²) in [6.45, 7) is 3.71. The molecule has 0 bridgehead atoms. The van der Waals surface area contributed by atoms with Crippen LogP contribution in [0, 0.1) is 0 Å². The van der Waals surface area contributed by atoms with Crippen molar-refractivity contribution in [3.8, 4) is 5.13 Å². The van der Waals surface area contributed by atoms with Crippen LogP contribution in [0.25, 0.3) is 22.2 Å². The maximum Gasteiger partial charge on any atom is 0.212 e. The van der Waals surface area contributed by atoms with Gasteiger partial charge in [0.05, 0.1) is 5.52 Å². The Bertz CT molecular complexity index is 653. The fourth-order valence-electron chi connectivity index (χ4n) is 1.48. The lowest BCUT2D eigenvalue weighted by Crippen LogP contribution is -1.94. The Kier molecular flexibility index (Phi) is 2.04. The Labute approximate surface area is 95.9 Å². The Morgan fingerprint density at radius 2 is 2.19 bits per heavy atom. The summed E-state index contributed by atoms with van der Waals surface area (Å²) in [4.78, 5) is 5.31. The molecule has 2 heterocycles. The van der Waals surface area contributed by atoms with E-state index in [0.29, 0.717) is 0 Å². The van der Waals surface area contributed by atoms with Crippen LogP contribution in [0.3, 0.4) is 0 Å². The smallest absolute Gasteiger partial charge is 0.212 e. The molecule has 0 fully saturated rings. The van der Waals surface area contributed by atoms with Gasteiger partial charge < -0.3 is 0 Å². The van der Waals surface area contributed by atoms with E-state index in [9.17, 15) is 0 Å². The summed E-state index contributed by atoms with van der Waals surface area (Å²) in [6, 6.07) is 7.81.